The number of hydrogen-bond donors (Lipinski definition) is 1. The summed E-state index contributed by atoms with van der Waals surface area (Å²) in [5.41, 5.74) is 0.250. The fourth-order valence-corrected chi connectivity index (χ4v) is 3.12. The second kappa shape index (κ2) is 5.73. The molecule has 1 amide bonds. The topological polar surface area (TPSA) is 80.5 Å². The summed E-state index contributed by atoms with van der Waals surface area (Å²) in [6, 6.07) is 1.92. The molecule has 116 valence electrons. The number of nitrogens with zero attached hydrogens (tertiary/aromatic N) is 1. The molecular formula is C14H19FN2O3S. The number of primary sulfonamides is 1. The van der Waals surface area contributed by atoms with Crippen LogP contribution in [0.2, 0.25) is 0 Å². The summed E-state index contributed by atoms with van der Waals surface area (Å²) >= 11 is 0. The second-order valence-corrected chi connectivity index (χ2v) is 6.94. The van der Waals surface area contributed by atoms with E-state index in [0.717, 1.165) is 25.0 Å². The number of carbonyl (C=O) groups excluding carboxylic acids is 1. The summed E-state index contributed by atoms with van der Waals surface area (Å²) in [4.78, 5) is 13.8. The van der Waals surface area contributed by atoms with Gasteiger partial charge in [-0.3, -0.25) is 4.79 Å². The lowest BCUT2D eigenvalue weighted by Gasteiger charge is -2.22. The van der Waals surface area contributed by atoms with Crippen LogP contribution >= 0.6 is 0 Å². The van der Waals surface area contributed by atoms with Crippen molar-refractivity contribution in [3.63, 3.8) is 0 Å². The Kier molecular flexibility index (Phi) is 4.34. The van der Waals surface area contributed by atoms with Crippen molar-refractivity contribution in [2.45, 2.75) is 31.6 Å². The third-order valence-corrected chi connectivity index (χ3v) is 4.74. The van der Waals surface area contributed by atoms with E-state index in [-0.39, 0.29) is 21.9 Å². The molecule has 1 saturated carbocycles. The lowest BCUT2D eigenvalue weighted by atomic mass is 10.1. The first-order valence-corrected chi connectivity index (χ1v) is 8.41. The first-order chi connectivity index (χ1) is 9.74. The Labute approximate surface area is 124 Å². The highest BCUT2D eigenvalue weighted by Gasteiger charge is 2.28. The average Bonchev–Trinajstić information content (AvgIpc) is 3.20. The van der Waals surface area contributed by atoms with Crippen LogP contribution in [0, 0.1) is 18.7 Å². The Balaban J connectivity index is 2.42. The summed E-state index contributed by atoms with van der Waals surface area (Å²) < 4.78 is 36.6. The number of amides is 1. The molecule has 0 unspecified atom stereocenters. The molecule has 5 nitrogen and oxygen atoms in total. The number of hydrogen-bond acceptors (Lipinski definition) is 3. The van der Waals surface area contributed by atoms with Crippen molar-refractivity contribution >= 4 is 15.9 Å². The van der Waals surface area contributed by atoms with Gasteiger partial charge in [0.25, 0.3) is 5.91 Å². The van der Waals surface area contributed by atoms with E-state index in [0.29, 0.717) is 19.0 Å². The van der Waals surface area contributed by atoms with Crippen molar-refractivity contribution in [2.75, 3.05) is 13.1 Å². The lowest BCUT2D eigenvalue weighted by molar-refractivity contribution is 0.0755. The van der Waals surface area contributed by atoms with Crippen LogP contribution in [0.15, 0.2) is 17.0 Å². The van der Waals surface area contributed by atoms with Crippen molar-refractivity contribution in [1.82, 2.24) is 4.90 Å². The van der Waals surface area contributed by atoms with Crippen molar-refractivity contribution in [3.8, 4) is 0 Å². The van der Waals surface area contributed by atoms with Crippen LogP contribution < -0.4 is 5.14 Å². The van der Waals surface area contributed by atoms with Gasteiger partial charge < -0.3 is 4.90 Å². The smallest absolute Gasteiger partial charge is 0.254 e. The van der Waals surface area contributed by atoms with Gasteiger partial charge in [-0.2, -0.15) is 0 Å². The van der Waals surface area contributed by atoms with Gasteiger partial charge >= 0.3 is 0 Å². The first kappa shape index (κ1) is 15.9. The summed E-state index contributed by atoms with van der Waals surface area (Å²) in [6.45, 7) is 4.43. The van der Waals surface area contributed by atoms with Crippen LogP contribution in [0.3, 0.4) is 0 Å². The minimum atomic E-state index is -4.07. The second-order valence-electron chi connectivity index (χ2n) is 5.41. The third-order valence-electron chi connectivity index (χ3n) is 3.71. The van der Waals surface area contributed by atoms with E-state index < -0.39 is 15.8 Å². The minimum absolute atomic E-state index is 0.0570. The van der Waals surface area contributed by atoms with Gasteiger partial charge in [0.1, 0.15) is 5.82 Å². The zero-order valence-corrected chi connectivity index (χ0v) is 12.9. The van der Waals surface area contributed by atoms with E-state index in [2.05, 4.69) is 0 Å². The van der Waals surface area contributed by atoms with Gasteiger partial charge in [-0.1, -0.05) is 0 Å². The van der Waals surface area contributed by atoms with Crippen molar-refractivity contribution < 1.29 is 17.6 Å². The number of halogens is 1. The molecule has 21 heavy (non-hydrogen) atoms. The van der Waals surface area contributed by atoms with Gasteiger partial charge in [-0.15, -0.1) is 0 Å². The summed E-state index contributed by atoms with van der Waals surface area (Å²) in [7, 11) is -4.07. The quantitative estimate of drug-likeness (QED) is 0.897. The summed E-state index contributed by atoms with van der Waals surface area (Å²) in [5, 5.41) is 5.08. The van der Waals surface area contributed by atoms with Gasteiger partial charge in [0.2, 0.25) is 10.0 Å². The van der Waals surface area contributed by atoms with Gasteiger partial charge in [0.05, 0.1) is 4.90 Å². The maximum atomic E-state index is 13.6. The van der Waals surface area contributed by atoms with Crippen LogP contribution in [0.25, 0.3) is 0 Å². The lowest BCUT2D eigenvalue weighted by Crippen LogP contribution is -2.33. The van der Waals surface area contributed by atoms with Crippen LogP contribution in [-0.2, 0) is 10.0 Å². The van der Waals surface area contributed by atoms with Gasteiger partial charge in [0.15, 0.2) is 0 Å². The molecule has 0 spiro atoms. The van der Waals surface area contributed by atoms with Gasteiger partial charge in [-0.05, 0) is 50.3 Å². The van der Waals surface area contributed by atoms with Crippen molar-refractivity contribution in [3.05, 3.63) is 29.1 Å². The Morgan fingerprint density at radius 1 is 1.43 bits per heavy atom. The molecule has 0 atom stereocenters. The molecule has 0 radical (unpaired) electrons. The number of sulfonamides is 1. The number of carbonyl (C=O) groups is 1. The highest BCUT2D eigenvalue weighted by Crippen LogP contribution is 2.30. The molecule has 1 aromatic carbocycles. The molecule has 1 aliphatic rings. The van der Waals surface area contributed by atoms with E-state index >= 15 is 0 Å². The van der Waals surface area contributed by atoms with Crippen molar-refractivity contribution in [2.24, 2.45) is 11.1 Å². The molecule has 2 N–H and O–H groups in total. The van der Waals surface area contributed by atoms with E-state index in [9.17, 15) is 17.6 Å². The van der Waals surface area contributed by atoms with E-state index in [1.165, 1.54) is 6.92 Å². The molecule has 0 bridgehead atoms. The van der Waals surface area contributed by atoms with Crippen LogP contribution in [0.5, 0.6) is 0 Å². The first-order valence-electron chi connectivity index (χ1n) is 6.86. The van der Waals surface area contributed by atoms with Gasteiger partial charge in [0, 0.05) is 18.7 Å². The normalized spacial score (nSPS) is 15.0. The molecule has 7 heteroatoms. The molecule has 0 saturated heterocycles. The van der Waals surface area contributed by atoms with Crippen LogP contribution in [-0.4, -0.2) is 32.3 Å². The molecule has 1 fully saturated rings. The molecular weight excluding hydrogens is 295 g/mol. The Morgan fingerprint density at radius 3 is 2.52 bits per heavy atom. The fourth-order valence-electron chi connectivity index (χ4n) is 2.31. The standard InChI is InChI=1S/C14H19FN2O3S/c1-3-17(8-10-4-5-10)14(18)12-6-11(15)7-13(9(12)2)21(16,19)20/h6-7,10H,3-5,8H2,1-2H3,(H2,16,19,20). The zero-order chi connectivity index (χ0) is 15.8. The number of benzene rings is 1. The monoisotopic (exact) mass is 314 g/mol. The number of rotatable bonds is 5. The minimum Gasteiger partial charge on any atom is -0.339 e. The zero-order valence-electron chi connectivity index (χ0n) is 12.1. The summed E-state index contributed by atoms with van der Waals surface area (Å²) in [6.07, 6.45) is 2.18. The maximum absolute atomic E-state index is 13.6. The van der Waals surface area contributed by atoms with Crippen LogP contribution in [0.4, 0.5) is 4.39 Å². The van der Waals surface area contributed by atoms with Gasteiger partial charge in [-0.25, -0.2) is 17.9 Å². The molecule has 1 aromatic rings. The van der Waals surface area contributed by atoms with E-state index in [4.69, 9.17) is 5.14 Å². The predicted molar refractivity (Wildman–Crippen MR) is 76.8 cm³/mol. The molecule has 0 aromatic heterocycles. The van der Waals surface area contributed by atoms with Crippen molar-refractivity contribution in [1.29, 1.82) is 0 Å². The maximum Gasteiger partial charge on any atom is 0.254 e. The Hall–Kier alpha value is -1.47. The summed E-state index contributed by atoms with van der Waals surface area (Å²) in [5.74, 6) is -0.637. The van der Waals surface area contributed by atoms with E-state index in [1.807, 2.05) is 6.92 Å². The third kappa shape index (κ3) is 3.59. The predicted octanol–water partition coefficient (Wildman–Crippen LogP) is 1.65. The van der Waals surface area contributed by atoms with Crippen LogP contribution in [0.1, 0.15) is 35.7 Å². The Morgan fingerprint density at radius 2 is 2.05 bits per heavy atom. The van der Waals surface area contributed by atoms with E-state index in [1.54, 1.807) is 4.90 Å². The molecule has 2 rings (SSSR count). The SMILES string of the molecule is CCN(CC1CC1)C(=O)c1cc(F)cc(S(N)(=O)=O)c1C. The molecule has 0 heterocycles. The highest BCUT2D eigenvalue weighted by atomic mass is 32.2. The molecule has 0 aliphatic heterocycles. The fraction of sp³-hybridized carbons (Fsp3) is 0.500. The number of nitrogens with two attached hydrogens (primary N) is 1. The average molecular weight is 314 g/mol. The molecule has 1 aliphatic carbocycles. The largest absolute Gasteiger partial charge is 0.339 e. The highest BCUT2D eigenvalue weighted by molar-refractivity contribution is 7.89. The Bertz CT molecular complexity index is 669.